The van der Waals surface area contributed by atoms with E-state index in [0.29, 0.717) is 11.8 Å². The first kappa shape index (κ1) is 25.1. The first-order valence-corrected chi connectivity index (χ1v) is 15.5. The molecule has 0 N–H and O–H groups in total. The molecule has 1 heterocycles. The second kappa shape index (κ2) is 8.23. The van der Waals surface area contributed by atoms with Crippen LogP contribution in [-0.2, 0) is 14.7 Å². The minimum Gasteiger partial charge on any atom is -0.399 e. The molecular formula is C37H41BO2. The minimum atomic E-state index is -0.343. The number of hydrogen-bond acceptors (Lipinski definition) is 2. The van der Waals surface area contributed by atoms with Gasteiger partial charge in [0.1, 0.15) is 0 Å². The van der Waals surface area contributed by atoms with E-state index in [-0.39, 0.29) is 23.7 Å². The van der Waals surface area contributed by atoms with Crippen molar-refractivity contribution in [1.29, 1.82) is 0 Å². The Morgan fingerprint density at radius 3 is 1.93 bits per heavy atom. The first-order chi connectivity index (χ1) is 19.1. The van der Waals surface area contributed by atoms with Crippen LogP contribution in [0.2, 0.25) is 0 Å². The lowest BCUT2D eigenvalue weighted by atomic mass is 9.49. The molecule has 0 aromatic heterocycles. The average Bonchev–Trinajstić information content (AvgIpc) is 3.30. The monoisotopic (exact) mass is 528 g/mol. The van der Waals surface area contributed by atoms with Gasteiger partial charge in [-0.2, -0.15) is 0 Å². The highest BCUT2D eigenvalue weighted by atomic mass is 16.7. The molecule has 1 spiro atoms. The molecule has 2 nitrogen and oxygen atoms in total. The molecule has 2 bridgehead atoms. The Hall–Kier alpha value is -2.62. The van der Waals surface area contributed by atoms with Crippen molar-refractivity contribution in [2.45, 2.75) is 83.8 Å². The van der Waals surface area contributed by atoms with Crippen molar-refractivity contribution in [2.75, 3.05) is 0 Å². The average molecular weight is 529 g/mol. The second-order valence-electron chi connectivity index (χ2n) is 14.7. The minimum absolute atomic E-state index is 0.0778. The van der Waals surface area contributed by atoms with Crippen molar-refractivity contribution >= 4 is 34.1 Å². The van der Waals surface area contributed by atoms with Crippen LogP contribution in [0.25, 0.3) is 32.7 Å². The molecule has 3 fully saturated rings. The largest absolute Gasteiger partial charge is 0.494 e. The van der Waals surface area contributed by atoms with E-state index in [0.717, 1.165) is 17.3 Å². The van der Waals surface area contributed by atoms with Gasteiger partial charge >= 0.3 is 7.12 Å². The van der Waals surface area contributed by atoms with Gasteiger partial charge in [0, 0.05) is 5.41 Å². The van der Waals surface area contributed by atoms with Gasteiger partial charge in [-0.3, -0.25) is 0 Å². The van der Waals surface area contributed by atoms with Crippen LogP contribution in [0, 0.1) is 23.7 Å². The molecular weight excluding hydrogens is 487 g/mol. The van der Waals surface area contributed by atoms with Crippen LogP contribution in [0.5, 0.6) is 0 Å². The van der Waals surface area contributed by atoms with Crippen LogP contribution in [0.3, 0.4) is 0 Å². The molecule has 8 rings (SSSR count). The lowest BCUT2D eigenvalue weighted by Crippen LogP contribution is -2.49. The van der Waals surface area contributed by atoms with Crippen LogP contribution < -0.4 is 5.46 Å². The third kappa shape index (κ3) is 3.31. The number of rotatable bonds is 1. The topological polar surface area (TPSA) is 18.5 Å². The van der Waals surface area contributed by atoms with E-state index >= 15 is 0 Å². The quantitative estimate of drug-likeness (QED) is 0.230. The smallest absolute Gasteiger partial charge is 0.399 e. The Bertz CT molecular complexity index is 1660. The fourth-order valence-electron chi connectivity index (χ4n) is 9.33. The van der Waals surface area contributed by atoms with Gasteiger partial charge in [-0.1, -0.05) is 56.3 Å². The molecule has 3 aliphatic carbocycles. The van der Waals surface area contributed by atoms with E-state index in [1.54, 1.807) is 11.1 Å². The Kier molecular flexibility index (Phi) is 5.17. The molecule has 5 atom stereocenters. The Balaban J connectivity index is 1.35. The molecule has 40 heavy (non-hydrogen) atoms. The van der Waals surface area contributed by atoms with E-state index in [4.69, 9.17) is 9.31 Å². The zero-order valence-electron chi connectivity index (χ0n) is 24.9. The molecule has 3 heteroatoms. The fraction of sp³-hybridized carbons (Fsp3) is 0.459. The zero-order valence-corrected chi connectivity index (χ0v) is 24.9. The molecule has 4 aromatic carbocycles. The van der Waals surface area contributed by atoms with Crippen LogP contribution in [0.4, 0.5) is 0 Å². The van der Waals surface area contributed by atoms with Crippen molar-refractivity contribution < 1.29 is 9.31 Å². The standard InChI is InChI=1S/C37H41BO2/c1-22-13-24-15-23(2)37(29(14-22)16-24)33-20-26-10-8-7-9-25(26)18-31(33)32-19-27-11-12-30(17-28(27)21-34(32)37)38-39-35(3,4)36(5,6)40-38/h7-12,17-24,29H,13-16H2,1-6H3. The van der Waals surface area contributed by atoms with E-state index < -0.39 is 0 Å². The lowest BCUT2D eigenvalue weighted by Gasteiger charge is -2.54. The summed E-state index contributed by atoms with van der Waals surface area (Å²) in [7, 11) is -0.340. The molecule has 5 unspecified atom stereocenters. The molecule has 4 aromatic rings. The lowest BCUT2D eigenvalue weighted by molar-refractivity contribution is 0.00578. The van der Waals surface area contributed by atoms with E-state index in [1.807, 2.05) is 0 Å². The van der Waals surface area contributed by atoms with Crippen molar-refractivity contribution in [1.82, 2.24) is 0 Å². The molecule has 1 saturated heterocycles. The summed E-state index contributed by atoms with van der Waals surface area (Å²) in [6, 6.07) is 25.9. The van der Waals surface area contributed by atoms with Crippen molar-refractivity contribution in [3.05, 3.63) is 77.9 Å². The molecule has 4 aliphatic rings. The predicted octanol–water partition coefficient (Wildman–Crippen LogP) is 8.65. The number of hydrogen-bond donors (Lipinski definition) is 0. The molecule has 1 aliphatic heterocycles. The van der Waals surface area contributed by atoms with Crippen molar-refractivity contribution in [2.24, 2.45) is 23.7 Å². The summed E-state index contributed by atoms with van der Waals surface area (Å²) in [6.45, 7) is 13.6. The molecule has 0 radical (unpaired) electrons. The second-order valence-corrected chi connectivity index (χ2v) is 14.7. The summed E-state index contributed by atoms with van der Waals surface area (Å²) in [5.41, 5.74) is 6.59. The van der Waals surface area contributed by atoms with Gasteiger partial charge in [0.05, 0.1) is 11.2 Å². The van der Waals surface area contributed by atoms with Gasteiger partial charge in [0.2, 0.25) is 0 Å². The zero-order chi connectivity index (χ0) is 27.6. The maximum absolute atomic E-state index is 6.46. The maximum atomic E-state index is 6.46. The summed E-state index contributed by atoms with van der Waals surface area (Å²) in [5, 5.41) is 5.33. The van der Waals surface area contributed by atoms with Crippen LogP contribution in [0.1, 0.15) is 78.4 Å². The predicted molar refractivity (Wildman–Crippen MR) is 167 cm³/mol. The van der Waals surface area contributed by atoms with Crippen LogP contribution in [-0.4, -0.2) is 18.3 Å². The van der Waals surface area contributed by atoms with Crippen molar-refractivity contribution in [3.63, 3.8) is 0 Å². The fourth-order valence-corrected chi connectivity index (χ4v) is 9.33. The van der Waals surface area contributed by atoms with Gasteiger partial charge in [-0.25, -0.2) is 0 Å². The Morgan fingerprint density at radius 2 is 1.25 bits per heavy atom. The summed E-state index contributed by atoms with van der Waals surface area (Å²) in [6.07, 6.45) is 5.44. The van der Waals surface area contributed by atoms with Gasteiger partial charge < -0.3 is 9.31 Å². The Morgan fingerprint density at radius 1 is 0.650 bits per heavy atom. The summed E-state index contributed by atoms with van der Waals surface area (Å²) >= 11 is 0. The van der Waals surface area contributed by atoms with Gasteiger partial charge in [0.25, 0.3) is 0 Å². The van der Waals surface area contributed by atoms with Crippen LogP contribution >= 0.6 is 0 Å². The summed E-state index contributed by atoms with van der Waals surface area (Å²) < 4.78 is 12.9. The van der Waals surface area contributed by atoms with E-state index in [9.17, 15) is 0 Å². The van der Waals surface area contributed by atoms with E-state index in [2.05, 4.69) is 108 Å². The van der Waals surface area contributed by atoms with Gasteiger partial charge in [-0.05, 0) is 151 Å². The third-order valence-corrected chi connectivity index (χ3v) is 11.7. The highest BCUT2D eigenvalue weighted by Crippen LogP contribution is 2.65. The van der Waals surface area contributed by atoms with Crippen molar-refractivity contribution in [3.8, 4) is 11.1 Å². The highest BCUT2D eigenvalue weighted by molar-refractivity contribution is 6.62. The van der Waals surface area contributed by atoms with E-state index in [1.165, 1.54) is 58.4 Å². The van der Waals surface area contributed by atoms with Gasteiger partial charge in [-0.15, -0.1) is 0 Å². The summed E-state index contributed by atoms with van der Waals surface area (Å²) in [4.78, 5) is 0. The number of benzene rings is 4. The van der Waals surface area contributed by atoms with Crippen LogP contribution in [0.15, 0.2) is 66.7 Å². The SMILES string of the molecule is CC1CC2CC(C)C3(c4cc5ccccc5cc4-c4cc5ccc(B6OC(C)(C)C(C)(C)O6)cc5cc43)C(C1)C2. The Labute approximate surface area is 239 Å². The summed E-state index contributed by atoms with van der Waals surface area (Å²) in [5.74, 6) is 2.98. The van der Waals surface area contributed by atoms with Gasteiger partial charge in [0.15, 0.2) is 0 Å². The maximum Gasteiger partial charge on any atom is 0.494 e. The third-order valence-electron chi connectivity index (χ3n) is 11.7. The number of fused-ring (bicyclic) bond motifs is 10. The highest BCUT2D eigenvalue weighted by Gasteiger charge is 2.57. The molecule has 2 saturated carbocycles. The molecule has 204 valence electrons. The normalized spacial score (nSPS) is 31.6. The first-order valence-electron chi connectivity index (χ1n) is 15.5. The molecule has 0 amide bonds.